The summed E-state index contributed by atoms with van der Waals surface area (Å²) in [6.45, 7) is 5.59. The van der Waals surface area contributed by atoms with Crippen molar-refractivity contribution in [1.82, 2.24) is 14.5 Å². The van der Waals surface area contributed by atoms with Crippen LogP contribution in [0.2, 0.25) is 0 Å². The number of urea groups is 1. The molecule has 1 N–H and O–H groups in total. The molecule has 0 atom stereocenters. The summed E-state index contributed by atoms with van der Waals surface area (Å²) < 4.78 is 30.3. The van der Waals surface area contributed by atoms with Gasteiger partial charge in [-0.2, -0.15) is 0 Å². The molecule has 1 aliphatic carbocycles. The van der Waals surface area contributed by atoms with E-state index in [4.69, 9.17) is 4.74 Å². The monoisotopic (exact) mass is 461 g/mol. The van der Waals surface area contributed by atoms with Crippen LogP contribution in [0.4, 0.5) is 4.79 Å². The molecule has 174 valence electrons. The molecule has 8 nitrogen and oxygen atoms in total. The molecule has 1 fully saturated rings. The number of nitrogens with zero attached hydrogens (tertiary/aromatic N) is 2. The third-order valence-electron chi connectivity index (χ3n) is 5.45. The molecule has 3 rings (SSSR count). The highest BCUT2D eigenvalue weighted by atomic mass is 32.2. The standard InChI is InChI=1S/C23H31N3O5S/c1-17(2)26(32(3,29)30)23(28)24-22(27)20-11-7-10-19(16-18-8-5-4-6-9-18)21(20)25-12-14-31-15-13-25/h4-6,8-9,16-17H,7,10-15H2,1-3H3,(H,24,27,28)/b19-16-. The molecule has 32 heavy (non-hydrogen) atoms. The van der Waals surface area contributed by atoms with Crippen LogP contribution in [0.15, 0.2) is 47.2 Å². The van der Waals surface area contributed by atoms with E-state index in [1.807, 2.05) is 30.3 Å². The number of amides is 3. The Morgan fingerprint density at radius 2 is 1.78 bits per heavy atom. The Morgan fingerprint density at radius 3 is 2.38 bits per heavy atom. The lowest BCUT2D eigenvalue weighted by atomic mass is 9.88. The van der Waals surface area contributed by atoms with Crippen molar-refractivity contribution in [2.24, 2.45) is 0 Å². The van der Waals surface area contributed by atoms with Crippen molar-refractivity contribution in [2.75, 3.05) is 32.6 Å². The lowest BCUT2D eigenvalue weighted by molar-refractivity contribution is -0.117. The first-order chi connectivity index (χ1) is 15.2. The number of carbonyl (C=O) groups excluding carboxylic acids is 2. The molecule has 2 aliphatic rings. The largest absolute Gasteiger partial charge is 0.378 e. The number of carbonyl (C=O) groups is 2. The number of imide groups is 1. The normalized spacial score (nSPS) is 18.8. The van der Waals surface area contributed by atoms with Gasteiger partial charge in [-0.15, -0.1) is 0 Å². The molecule has 1 saturated heterocycles. The van der Waals surface area contributed by atoms with E-state index in [1.165, 1.54) is 0 Å². The van der Waals surface area contributed by atoms with E-state index in [9.17, 15) is 18.0 Å². The molecule has 0 aromatic heterocycles. The van der Waals surface area contributed by atoms with Gasteiger partial charge in [-0.3, -0.25) is 10.1 Å². The number of sulfonamides is 1. The molecule has 1 heterocycles. The smallest absolute Gasteiger partial charge is 0.338 e. The zero-order chi connectivity index (χ0) is 23.3. The van der Waals surface area contributed by atoms with Crippen molar-refractivity contribution in [3.05, 3.63) is 52.7 Å². The molecule has 0 spiro atoms. The van der Waals surface area contributed by atoms with Crippen molar-refractivity contribution in [3.8, 4) is 0 Å². The van der Waals surface area contributed by atoms with E-state index in [1.54, 1.807) is 13.8 Å². The minimum atomic E-state index is -3.81. The number of morpholine rings is 1. The van der Waals surface area contributed by atoms with Crippen LogP contribution in [0.25, 0.3) is 6.08 Å². The van der Waals surface area contributed by atoms with E-state index in [-0.39, 0.29) is 0 Å². The van der Waals surface area contributed by atoms with Crippen LogP contribution in [0.5, 0.6) is 0 Å². The highest BCUT2D eigenvalue weighted by molar-refractivity contribution is 7.88. The summed E-state index contributed by atoms with van der Waals surface area (Å²) in [6, 6.07) is 8.36. The van der Waals surface area contributed by atoms with Gasteiger partial charge in [0.05, 0.1) is 19.5 Å². The van der Waals surface area contributed by atoms with Gasteiger partial charge in [0.15, 0.2) is 0 Å². The van der Waals surface area contributed by atoms with Crippen molar-refractivity contribution >= 4 is 28.0 Å². The van der Waals surface area contributed by atoms with Crippen molar-refractivity contribution in [2.45, 2.75) is 39.2 Å². The topological polar surface area (TPSA) is 96.0 Å². The Bertz CT molecular complexity index is 1010. The fourth-order valence-electron chi connectivity index (χ4n) is 4.17. The maximum Gasteiger partial charge on any atom is 0.338 e. The summed E-state index contributed by atoms with van der Waals surface area (Å²) in [5.41, 5.74) is 3.40. The highest BCUT2D eigenvalue weighted by Crippen LogP contribution is 2.34. The van der Waals surface area contributed by atoms with E-state index < -0.39 is 28.0 Å². The maximum atomic E-state index is 13.2. The van der Waals surface area contributed by atoms with Crippen LogP contribution in [0.3, 0.4) is 0 Å². The van der Waals surface area contributed by atoms with Gasteiger partial charge in [0.25, 0.3) is 5.91 Å². The fraction of sp³-hybridized carbons (Fsp3) is 0.478. The lowest BCUT2D eigenvalue weighted by Gasteiger charge is -2.36. The SMILES string of the molecule is CC(C)N(C(=O)NC(=O)C1=C(N2CCOCC2)/C(=C\c2ccccc2)CCC1)S(C)(=O)=O. The Labute approximate surface area is 190 Å². The third-order valence-corrected chi connectivity index (χ3v) is 6.75. The minimum Gasteiger partial charge on any atom is -0.378 e. The van der Waals surface area contributed by atoms with Crippen LogP contribution in [0.1, 0.15) is 38.7 Å². The van der Waals surface area contributed by atoms with Gasteiger partial charge >= 0.3 is 6.03 Å². The fourth-order valence-corrected chi connectivity index (χ4v) is 5.29. The molecule has 3 amide bonds. The Kier molecular flexibility index (Phi) is 7.73. The second kappa shape index (κ2) is 10.3. The van der Waals surface area contributed by atoms with Crippen LogP contribution in [-0.4, -0.2) is 68.2 Å². The first-order valence-electron chi connectivity index (χ1n) is 10.8. The average Bonchev–Trinajstić information content (AvgIpc) is 2.73. The summed E-state index contributed by atoms with van der Waals surface area (Å²) in [5.74, 6) is -0.551. The molecule has 1 aromatic carbocycles. The number of rotatable bonds is 5. The lowest BCUT2D eigenvalue weighted by Crippen LogP contribution is -2.49. The molecule has 0 unspecified atom stereocenters. The van der Waals surface area contributed by atoms with Gasteiger partial charge in [-0.1, -0.05) is 30.3 Å². The molecular formula is C23H31N3O5S. The summed E-state index contributed by atoms with van der Waals surface area (Å²) in [4.78, 5) is 28.0. The number of allylic oxidation sites excluding steroid dienone is 1. The molecule has 0 radical (unpaired) electrons. The van der Waals surface area contributed by atoms with E-state index in [0.717, 1.165) is 35.9 Å². The molecular weight excluding hydrogens is 430 g/mol. The number of nitrogens with one attached hydrogen (secondary N) is 1. The number of benzene rings is 1. The molecule has 9 heteroatoms. The van der Waals surface area contributed by atoms with E-state index in [0.29, 0.717) is 42.6 Å². The van der Waals surface area contributed by atoms with E-state index in [2.05, 4.69) is 16.3 Å². The van der Waals surface area contributed by atoms with Crippen LogP contribution in [0, 0.1) is 0 Å². The average molecular weight is 462 g/mol. The molecule has 1 aromatic rings. The third kappa shape index (κ3) is 5.77. The van der Waals surface area contributed by atoms with Crippen molar-refractivity contribution in [1.29, 1.82) is 0 Å². The van der Waals surface area contributed by atoms with Gasteiger partial charge in [-0.05, 0) is 50.3 Å². The summed E-state index contributed by atoms with van der Waals surface area (Å²) in [5, 5.41) is 2.32. The van der Waals surface area contributed by atoms with Gasteiger partial charge in [0.2, 0.25) is 10.0 Å². The van der Waals surface area contributed by atoms with Crippen molar-refractivity contribution < 1.29 is 22.7 Å². The highest BCUT2D eigenvalue weighted by Gasteiger charge is 2.32. The van der Waals surface area contributed by atoms with E-state index >= 15 is 0 Å². The quantitative estimate of drug-likeness (QED) is 0.724. The second-order valence-corrected chi connectivity index (χ2v) is 10.1. The number of ether oxygens (including phenoxy) is 1. The first-order valence-corrected chi connectivity index (χ1v) is 12.7. The summed E-state index contributed by atoms with van der Waals surface area (Å²) in [7, 11) is -3.81. The molecule has 1 aliphatic heterocycles. The maximum absolute atomic E-state index is 13.2. The predicted molar refractivity (Wildman–Crippen MR) is 123 cm³/mol. The first kappa shape index (κ1) is 24.0. The Balaban J connectivity index is 1.98. The minimum absolute atomic E-state index is 0.505. The number of hydrogen-bond acceptors (Lipinski definition) is 6. The van der Waals surface area contributed by atoms with Crippen LogP contribution in [-0.2, 0) is 19.6 Å². The zero-order valence-electron chi connectivity index (χ0n) is 18.8. The zero-order valence-corrected chi connectivity index (χ0v) is 19.7. The number of hydrogen-bond donors (Lipinski definition) is 1. The Hall–Kier alpha value is -2.65. The molecule has 0 bridgehead atoms. The van der Waals surface area contributed by atoms with Gasteiger partial charge in [0.1, 0.15) is 0 Å². The van der Waals surface area contributed by atoms with Gasteiger partial charge < -0.3 is 9.64 Å². The second-order valence-electron chi connectivity index (χ2n) is 8.27. The summed E-state index contributed by atoms with van der Waals surface area (Å²) >= 11 is 0. The van der Waals surface area contributed by atoms with Crippen LogP contribution < -0.4 is 5.32 Å². The van der Waals surface area contributed by atoms with Crippen molar-refractivity contribution in [3.63, 3.8) is 0 Å². The molecule has 0 saturated carbocycles. The Morgan fingerprint density at radius 1 is 1.12 bits per heavy atom. The summed E-state index contributed by atoms with van der Waals surface area (Å²) in [6.07, 6.45) is 5.13. The van der Waals surface area contributed by atoms with Gasteiger partial charge in [0, 0.05) is 30.4 Å². The predicted octanol–water partition coefficient (Wildman–Crippen LogP) is 2.75. The van der Waals surface area contributed by atoms with Crippen LogP contribution >= 0.6 is 0 Å². The van der Waals surface area contributed by atoms with Gasteiger partial charge in [-0.25, -0.2) is 17.5 Å².